The maximum Gasteiger partial charge on any atom is 0.223 e. The largest absolute Gasteiger partial charge is 0.353 e. The summed E-state index contributed by atoms with van der Waals surface area (Å²) in [4.78, 5) is 10.9. The zero-order chi connectivity index (χ0) is 6.27. The summed E-state index contributed by atoms with van der Waals surface area (Å²) in [5.74, 6) is 0.697. The summed E-state index contributed by atoms with van der Waals surface area (Å²) in [6.45, 7) is 0. The van der Waals surface area contributed by atoms with Crippen LogP contribution >= 0.6 is 0 Å². The Labute approximate surface area is 54.6 Å². The van der Waals surface area contributed by atoms with E-state index in [1.54, 1.807) is 0 Å². The summed E-state index contributed by atoms with van der Waals surface area (Å²) in [6.07, 6.45) is 4.66. The van der Waals surface area contributed by atoms with E-state index < -0.39 is 0 Å². The fraction of sp³-hybridized carbons (Fsp3) is 0.857. The van der Waals surface area contributed by atoms with Crippen molar-refractivity contribution in [3.63, 3.8) is 0 Å². The molecule has 50 valence electrons. The maximum absolute atomic E-state index is 10.9. The Morgan fingerprint density at radius 3 is 2.33 bits per heavy atom. The van der Waals surface area contributed by atoms with E-state index in [1.165, 1.54) is 12.8 Å². The lowest BCUT2D eigenvalue weighted by molar-refractivity contribution is -0.122. The van der Waals surface area contributed by atoms with Gasteiger partial charge in [-0.25, -0.2) is 0 Å². The van der Waals surface area contributed by atoms with E-state index in [-0.39, 0.29) is 0 Å². The first-order valence-corrected chi connectivity index (χ1v) is 3.66. The molecule has 2 heteroatoms. The number of carbonyl (C=O) groups is 1. The average Bonchev–Trinajstić information content (AvgIpc) is 2.62. The molecule has 2 rings (SSSR count). The molecule has 9 heavy (non-hydrogen) atoms. The summed E-state index contributed by atoms with van der Waals surface area (Å²) in [6, 6.07) is 0.554. The number of hydrogen-bond donors (Lipinski definition) is 1. The lowest BCUT2D eigenvalue weighted by atomic mass is 10.4. The third kappa shape index (κ3) is 1.23. The highest BCUT2D eigenvalue weighted by molar-refractivity contribution is 5.81. The summed E-state index contributed by atoms with van der Waals surface area (Å²) in [5, 5.41) is 2.98. The summed E-state index contributed by atoms with van der Waals surface area (Å²) in [7, 11) is 0. The van der Waals surface area contributed by atoms with Crippen LogP contribution in [0.1, 0.15) is 25.7 Å². The highest BCUT2D eigenvalue weighted by Gasteiger charge is 2.33. The van der Waals surface area contributed by atoms with E-state index in [2.05, 4.69) is 5.32 Å². The summed E-state index contributed by atoms with van der Waals surface area (Å²) >= 11 is 0. The molecule has 0 aliphatic heterocycles. The lowest BCUT2D eigenvalue weighted by Crippen LogP contribution is -2.26. The van der Waals surface area contributed by atoms with Crippen LogP contribution in [0.25, 0.3) is 0 Å². The van der Waals surface area contributed by atoms with Crippen LogP contribution in [0, 0.1) is 5.92 Å². The topological polar surface area (TPSA) is 29.1 Å². The predicted molar refractivity (Wildman–Crippen MR) is 33.9 cm³/mol. The third-order valence-corrected chi connectivity index (χ3v) is 1.87. The highest BCUT2D eigenvalue weighted by atomic mass is 16.2. The Kier molecular flexibility index (Phi) is 1.01. The molecule has 2 saturated carbocycles. The fourth-order valence-corrected chi connectivity index (χ4v) is 0.892. The summed E-state index contributed by atoms with van der Waals surface area (Å²) in [5.41, 5.74) is 0. The molecule has 2 aliphatic rings. The van der Waals surface area contributed by atoms with Gasteiger partial charge in [-0.3, -0.25) is 4.79 Å². The molecule has 1 N–H and O–H groups in total. The van der Waals surface area contributed by atoms with E-state index in [0.717, 1.165) is 12.8 Å². The second-order valence-corrected chi connectivity index (χ2v) is 3.06. The van der Waals surface area contributed by atoms with E-state index in [0.29, 0.717) is 17.9 Å². The molecule has 0 saturated heterocycles. The molecule has 0 aromatic heterocycles. The van der Waals surface area contributed by atoms with Crippen LogP contribution in [0.15, 0.2) is 0 Å². The second kappa shape index (κ2) is 1.72. The van der Waals surface area contributed by atoms with Crippen LogP contribution in [0.3, 0.4) is 0 Å². The second-order valence-electron chi connectivity index (χ2n) is 3.06. The van der Waals surface area contributed by atoms with Gasteiger partial charge in [0.1, 0.15) is 0 Å². The molecule has 0 aromatic rings. The molecule has 2 fully saturated rings. The van der Waals surface area contributed by atoms with Crippen molar-refractivity contribution in [3.05, 3.63) is 0 Å². The van der Waals surface area contributed by atoms with Gasteiger partial charge >= 0.3 is 0 Å². The molecular formula is C7H11NO. The quantitative estimate of drug-likeness (QED) is 0.577. The monoisotopic (exact) mass is 125 g/mol. The SMILES string of the molecule is O=C(NC1CC1)C1CC1. The molecule has 0 atom stereocenters. The Morgan fingerprint density at radius 1 is 1.22 bits per heavy atom. The first-order chi connectivity index (χ1) is 4.36. The van der Waals surface area contributed by atoms with E-state index in [4.69, 9.17) is 0 Å². The van der Waals surface area contributed by atoms with Crippen LogP contribution < -0.4 is 5.32 Å². The van der Waals surface area contributed by atoms with Crippen molar-refractivity contribution in [3.8, 4) is 0 Å². The van der Waals surface area contributed by atoms with E-state index >= 15 is 0 Å². The Morgan fingerprint density at radius 2 is 1.89 bits per heavy atom. The zero-order valence-electron chi connectivity index (χ0n) is 5.39. The molecule has 1 amide bonds. The van der Waals surface area contributed by atoms with Crippen LogP contribution in [0.2, 0.25) is 0 Å². The molecule has 0 spiro atoms. The number of carbonyl (C=O) groups excluding carboxylic acids is 1. The van der Waals surface area contributed by atoms with Gasteiger partial charge < -0.3 is 5.32 Å². The van der Waals surface area contributed by atoms with Gasteiger partial charge in [-0.05, 0) is 25.7 Å². The molecule has 0 unspecified atom stereocenters. The van der Waals surface area contributed by atoms with Crippen LogP contribution in [-0.4, -0.2) is 11.9 Å². The smallest absolute Gasteiger partial charge is 0.223 e. The van der Waals surface area contributed by atoms with Crippen molar-refractivity contribution < 1.29 is 4.79 Å². The number of amides is 1. The number of nitrogens with one attached hydrogen (secondary N) is 1. The third-order valence-electron chi connectivity index (χ3n) is 1.87. The van der Waals surface area contributed by atoms with Crippen molar-refractivity contribution in [1.82, 2.24) is 5.32 Å². The highest BCUT2D eigenvalue weighted by Crippen LogP contribution is 2.30. The van der Waals surface area contributed by atoms with Crippen LogP contribution in [0.4, 0.5) is 0 Å². The molecular weight excluding hydrogens is 114 g/mol. The first-order valence-electron chi connectivity index (χ1n) is 3.66. The van der Waals surface area contributed by atoms with Gasteiger partial charge in [-0.15, -0.1) is 0 Å². The normalized spacial score (nSPS) is 25.8. The predicted octanol–water partition coefficient (Wildman–Crippen LogP) is 0.675. The Balaban J connectivity index is 1.75. The minimum Gasteiger partial charge on any atom is -0.353 e. The van der Waals surface area contributed by atoms with Gasteiger partial charge in [-0.1, -0.05) is 0 Å². The summed E-state index contributed by atoms with van der Waals surface area (Å²) < 4.78 is 0. The van der Waals surface area contributed by atoms with Gasteiger partial charge in [0, 0.05) is 12.0 Å². The van der Waals surface area contributed by atoms with Crippen LogP contribution in [0.5, 0.6) is 0 Å². The van der Waals surface area contributed by atoms with E-state index in [9.17, 15) is 4.79 Å². The molecule has 0 radical (unpaired) electrons. The maximum atomic E-state index is 10.9. The molecule has 0 aromatic carbocycles. The lowest BCUT2D eigenvalue weighted by Gasteiger charge is -1.97. The van der Waals surface area contributed by atoms with Crippen molar-refractivity contribution in [1.29, 1.82) is 0 Å². The van der Waals surface area contributed by atoms with Gasteiger partial charge in [0.15, 0.2) is 0 Å². The van der Waals surface area contributed by atoms with Crippen molar-refractivity contribution in [2.24, 2.45) is 5.92 Å². The fourth-order valence-electron chi connectivity index (χ4n) is 0.892. The van der Waals surface area contributed by atoms with Crippen LogP contribution in [-0.2, 0) is 4.79 Å². The van der Waals surface area contributed by atoms with Gasteiger partial charge in [0.25, 0.3) is 0 Å². The first kappa shape index (κ1) is 5.27. The zero-order valence-corrected chi connectivity index (χ0v) is 5.39. The van der Waals surface area contributed by atoms with Gasteiger partial charge in [-0.2, -0.15) is 0 Å². The molecule has 2 nitrogen and oxygen atoms in total. The van der Waals surface area contributed by atoms with Crippen molar-refractivity contribution in [2.45, 2.75) is 31.7 Å². The molecule has 0 bridgehead atoms. The van der Waals surface area contributed by atoms with E-state index in [1.807, 2.05) is 0 Å². The molecule has 0 heterocycles. The molecule has 2 aliphatic carbocycles. The van der Waals surface area contributed by atoms with Crippen molar-refractivity contribution in [2.75, 3.05) is 0 Å². The number of hydrogen-bond acceptors (Lipinski definition) is 1. The number of rotatable bonds is 2. The Hall–Kier alpha value is -0.530. The Bertz CT molecular complexity index is 136. The van der Waals surface area contributed by atoms with Crippen molar-refractivity contribution >= 4 is 5.91 Å². The van der Waals surface area contributed by atoms with Gasteiger partial charge in [0.05, 0.1) is 0 Å². The standard InChI is InChI=1S/C7H11NO/c9-7(5-1-2-5)8-6-3-4-6/h5-6H,1-4H2,(H,8,9). The average molecular weight is 125 g/mol. The minimum absolute atomic E-state index is 0.303. The van der Waals surface area contributed by atoms with Gasteiger partial charge in [0.2, 0.25) is 5.91 Å². The minimum atomic E-state index is 0.303.